The average molecular weight is 203 g/mol. The monoisotopic (exact) mass is 203 g/mol. The van der Waals surface area contributed by atoms with Crippen LogP contribution in [0.1, 0.15) is 30.5 Å². The fraction of sp³-hybridized carbons (Fsp3) is 0.429. The summed E-state index contributed by atoms with van der Waals surface area (Å²) in [6.45, 7) is 11.3. The van der Waals surface area contributed by atoms with Crippen LogP contribution in [-0.4, -0.2) is 18.5 Å². The molecule has 0 saturated heterocycles. The Morgan fingerprint density at radius 3 is 2.60 bits per heavy atom. The van der Waals surface area contributed by atoms with Gasteiger partial charge in [0.1, 0.15) is 0 Å². The normalized spacial score (nSPS) is 14.1. The molecule has 1 aliphatic heterocycles. The van der Waals surface area contributed by atoms with E-state index < -0.39 is 0 Å². The predicted molar refractivity (Wildman–Crippen MR) is 67.9 cm³/mol. The summed E-state index contributed by atoms with van der Waals surface area (Å²) in [6, 6.07) is 6.63. The number of fused-ring (bicyclic) bond motifs is 1. The van der Waals surface area contributed by atoms with Crippen LogP contribution in [0.2, 0.25) is 0 Å². The van der Waals surface area contributed by atoms with E-state index in [-0.39, 0.29) is 0 Å². The van der Waals surface area contributed by atoms with Gasteiger partial charge in [0.05, 0.1) is 0 Å². The van der Waals surface area contributed by atoms with E-state index in [0.29, 0.717) is 0 Å². The number of hydrogen-bond donors (Lipinski definition) is 0. The molecule has 0 unspecified atom stereocenters. The third kappa shape index (κ3) is 2.41. The zero-order valence-electron chi connectivity index (χ0n) is 10.3. The molecule has 1 heterocycles. The number of hydrogen-bond acceptors (Lipinski definition) is 1. The molecule has 1 aromatic rings. The molecule has 0 amide bonds. The summed E-state index contributed by atoms with van der Waals surface area (Å²) in [4.78, 5) is 2.22. The molecule has 0 saturated carbocycles. The van der Waals surface area contributed by atoms with E-state index in [0.717, 1.165) is 18.7 Å². The molecule has 0 spiro atoms. The summed E-state index contributed by atoms with van der Waals surface area (Å²) >= 11 is 0. The Labute approximate surface area is 93.4 Å². The van der Waals surface area contributed by atoms with Crippen LogP contribution in [0, 0.1) is 6.92 Å². The van der Waals surface area contributed by atoms with Gasteiger partial charge in [-0.05, 0) is 25.0 Å². The van der Waals surface area contributed by atoms with Crippen molar-refractivity contribution < 1.29 is 0 Å². The summed E-state index contributed by atoms with van der Waals surface area (Å²) in [5.41, 5.74) is 5.24. The maximum absolute atomic E-state index is 4.10. The molecule has 0 aliphatic carbocycles. The third-order valence-corrected chi connectivity index (χ3v) is 2.75. The van der Waals surface area contributed by atoms with Crippen LogP contribution in [0.15, 0.2) is 24.8 Å². The number of nitrogens with zero attached hydrogens (tertiary/aromatic N) is 1. The van der Waals surface area contributed by atoms with Gasteiger partial charge in [-0.3, -0.25) is 0 Å². The quantitative estimate of drug-likeness (QED) is 0.624. The van der Waals surface area contributed by atoms with Crippen molar-refractivity contribution in [1.29, 1.82) is 0 Å². The first kappa shape index (κ1) is 11.8. The van der Waals surface area contributed by atoms with E-state index in [1.807, 2.05) is 13.8 Å². The SMILES string of the molecule is C=C1c2cc(C)ccc2CCN1C.CC. The third-order valence-electron chi connectivity index (χ3n) is 2.75. The first-order valence-corrected chi connectivity index (χ1v) is 5.68. The largest absolute Gasteiger partial charge is 0.374 e. The fourth-order valence-corrected chi connectivity index (χ4v) is 1.81. The molecule has 0 atom stereocenters. The summed E-state index contributed by atoms with van der Waals surface area (Å²) in [6.07, 6.45) is 1.14. The first-order valence-electron chi connectivity index (χ1n) is 5.68. The van der Waals surface area contributed by atoms with Crippen molar-refractivity contribution in [3.63, 3.8) is 0 Å². The number of aryl methyl sites for hydroxylation is 1. The molecular formula is C14H21N. The standard InChI is InChI=1S/C12H15N.C2H6/c1-9-4-5-11-6-7-13(3)10(2)12(11)8-9;1-2/h4-5,8H,2,6-7H2,1,3H3;1-2H3. The smallest absolute Gasteiger partial charge is 0.0367 e. The number of benzene rings is 1. The molecule has 2 rings (SSSR count). The van der Waals surface area contributed by atoms with Crippen LogP contribution >= 0.6 is 0 Å². The zero-order valence-corrected chi connectivity index (χ0v) is 10.3. The van der Waals surface area contributed by atoms with Gasteiger partial charge < -0.3 is 4.90 Å². The second-order valence-corrected chi connectivity index (χ2v) is 3.78. The Morgan fingerprint density at radius 1 is 1.27 bits per heavy atom. The summed E-state index contributed by atoms with van der Waals surface area (Å²) in [7, 11) is 2.10. The minimum atomic E-state index is 1.09. The average Bonchev–Trinajstić information content (AvgIpc) is 2.27. The van der Waals surface area contributed by atoms with Gasteiger partial charge >= 0.3 is 0 Å². The fourth-order valence-electron chi connectivity index (χ4n) is 1.81. The molecule has 15 heavy (non-hydrogen) atoms. The van der Waals surface area contributed by atoms with E-state index in [2.05, 4.69) is 43.6 Å². The predicted octanol–water partition coefficient (Wildman–Crippen LogP) is 3.48. The lowest BCUT2D eigenvalue weighted by atomic mass is 9.96. The Hall–Kier alpha value is -1.24. The summed E-state index contributed by atoms with van der Waals surface area (Å²) in [5, 5.41) is 0. The van der Waals surface area contributed by atoms with Crippen molar-refractivity contribution in [2.45, 2.75) is 27.2 Å². The number of rotatable bonds is 0. The van der Waals surface area contributed by atoms with E-state index in [1.165, 1.54) is 16.7 Å². The molecule has 1 heteroatoms. The van der Waals surface area contributed by atoms with Crippen LogP contribution in [0.4, 0.5) is 0 Å². The van der Waals surface area contributed by atoms with Crippen molar-refractivity contribution in [3.05, 3.63) is 41.5 Å². The van der Waals surface area contributed by atoms with E-state index >= 15 is 0 Å². The van der Waals surface area contributed by atoms with Crippen LogP contribution in [0.25, 0.3) is 5.70 Å². The lowest BCUT2D eigenvalue weighted by Gasteiger charge is -2.29. The van der Waals surface area contributed by atoms with Gasteiger partial charge in [0.25, 0.3) is 0 Å². The molecule has 1 aliphatic rings. The highest BCUT2D eigenvalue weighted by atomic mass is 15.1. The molecule has 82 valence electrons. The highest BCUT2D eigenvalue weighted by Crippen LogP contribution is 2.26. The van der Waals surface area contributed by atoms with Gasteiger partial charge in [-0.15, -0.1) is 0 Å². The van der Waals surface area contributed by atoms with Gasteiger partial charge in [0, 0.05) is 24.9 Å². The highest BCUT2D eigenvalue weighted by molar-refractivity contribution is 5.67. The molecule has 0 bridgehead atoms. The Morgan fingerprint density at radius 2 is 1.93 bits per heavy atom. The maximum atomic E-state index is 4.10. The van der Waals surface area contributed by atoms with Crippen molar-refractivity contribution in [1.82, 2.24) is 4.90 Å². The van der Waals surface area contributed by atoms with E-state index in [4.69, 9.17) is 0 Å². The topological polar surface area (TPSA) is 3.24 Å². The van der Waals surface area contributed by atoms with Crippen molar-refractivity contribution in [3.8, 4) is 0 Å². The van der Waals surface area contributed by atoms with Gasteiger partial charge in [-0.2, -0.15) is 0 Å². The molecule has 1 aromatic carbocycles. The van der Waals surface area contributed by atoms with Gasteiger partial charge in [-0.1, -0.05) is 38.1 Å². The Balaban J connectivity index is 0.000000531. The minimum absolute atomic E-state index is 1.09. The van der Waals surface area contributed by atoms with E-state index in [9.17, 15) is 0 Å². The highest BCUT2D eigenvalue weighted by Gasteiger charge is 2.15. The van der Waals surface area contributed by atoms with E-state index in [1.54, 1.807) is 0 Å². The second kappa shape index (κ2) is 5.01. The first-order chi connectivity index (χ1) is 7.18. The van der Waals surface area contributed by atoms with Crippen LogP contribution < -0.4 is 0 Å². The molecule has 1 nitrogen and oxygen atoms in total. The Kier molecular flexibility index (Phi) is 3.96. The number of likely N-dealkylation sites (N-methyl/N-ethyl adjacent to an activating group) is 1. The Bertz CT molecular complexity index is 352. The van der Waals surface area contributed by atoms with Crippen LogP contribution in [0.3, 0.4) is 0 Å². The summed E-state index contributed by atoms with van der Waals surface area (Å²) in [5.74, 6) is 0. The zero-order chi connectivity index (χ0) is 11.4. The lowest BCUT2D eigenvalue weighted by Crippen LogP contribution is -2.24. The molecule has 0 N–H and O–H groups in total. The minimum Gasteiger partial charge on any atom is -0.374 e. The molecule has 0 fully saturated rings. The van der Waals surface area contributed by atoms with Crippen molar-refractivity contribution in [2.24, 2.45) is 0 Å². The summed E-state index contributed by atoms with van der Waals surface area (Å²) < 4.78 is 0. The van der Waals surface area contributed by atoms with Gasteiger partial charge in [0.15, 0.2) is 0 Å². The lowest BCUT2D eigenvalue weighted by molar-refractivity contribution is 0.470. The molecule has 0 aromatic heterocycles. The van der Waals surface area contributed by atoms with Gasteiger partial charge in [0.2, 0.25) is 0 Å². The molecule has 0 radical (unpaired) electrons. The van der Waals surface area contributed by atoms with Crippen LogP contribution in [-0.2, 0) is 6.42 Å². The van der Waals surface area contributed by atoms with Crippen molar-refractivity contribution in [2.75, 3.05) is 13.6 Å². The second-order valence-electron chi connectivity index (χ2n) is 3.78. The maximum Gasteiger partial charge on any atom is 0.0367 e. The van der Waals surface area contributed by atoms with Gasteiger partial charge in [-0.25, -0.2) is 0 Å². The van der Waals surface area contributed by atoms with Crippen molar-refractivity contribution >= 4 is 5.70 Å². The molecular weight excluding hydrogens is 182 g/mol. The van der Waals surface area contributed by atoms with Crippen LogP contribution in [0.5, 0.6) is 0 Å².